The first kappa shape index (κ1) is 17.6. The van der Waals surface area contributed by atoms with Gasteiger partial charge in [0, 0.05) is 6.04 Å². The third kappa shape index (κ3) is 3.67. The maximum Gasteiger partial charge on any atom is 0.348 e. The minimum Gasteiger partial charge on any atom is -0.462 e. The van der Waals surface area contributed by atoms with Gasteiger partial charge >= 0.3 is 5.97 Å². The van der Waals surface area contributed by atoms with Gasteiger partial charge in [0.1, 0.15) is 35.2 Å². The highest BCUT2D eigenvalue weighted by molar-refractivity contribution is 7.20. The monoisotopic (exact) mass is 377 g/mol. The Kier molecular flexibility index (Phi) is 5.06. The molecule has 2 aliphatic rings. The molecule has 0 spiro atoms. The van der Waals surface area contributed by atoms with E-state index in [0.29, 0.717) is 17.5 Å². The molecular formula is C18H25N4O3S+. The maximum absolute atomic E-state index is 12.3. The number of nitrogens with one attached hydrogen (secondary N) is 2. The van der Waals surface area contributed by atoms with Crippen molar-refractivity contribution in [3.63, 3.8) is 0 Å². The number of carbonyl (C=O) groups is 1. The van der Waals surface area contributed by atoms with E-state index in [9.17, 15) is 4.79 Å². The molecule has 2 N–H and O–H groups in total. The van der Waals surface area contributed by atoms with Crippen LogP contribution in [0, 0.1) is 6.92 Å². The van der Waals surface area contributed by atoms with Gasteiger partial charge in [-0.05, 0) is 32.3 Å². The number of hydrogen-bond donors (Lipinski definition) is 2. The number of ether oxygens (including phenoxy) is 2. The van der Waals surface area contributed by atoms with Crippen molar-refractivity contribution >= 4 is 33.3 Å². The quantitative estimate of drug-likeness (QED) is 0.736. The van der Waals surface area contributed by atoms with Crippen molar-refractivity contribution in [3.05, 3.63) is 16.3 Å². The lowest BCUT2D eigenvalue weighted by atomic mass is 10.2. The van der Waals surface area contributed by atoms with Crippen LogP contribution in [-0.2, 0) is 16.0 Å². The van der Waals surface area contributed by atoms with Crippen LogP contribution >= 0.6 is 11.3 Å². The summed E-state index contributed by atoms with van der Waals surface area (Å²) in [5.74, 6) is 1.42. The molecule has 1 saturated heterocycles. The second-order valence-electron chi connectivity index (χ2n) is 6.90. The Morgan fingerprint density at radius 2 is 2.12 bits per heavy atom. The molecule has 0 unspecified atom stereocenters. The topological polar surface area (TPSA) is 77.8 Å². The second kappa shape index (κ2) is 7.46. The number of quaternary nitrogens is 1. The fraction of sp³-hybridized carbons (Fsp3) is 0.611. The highest BCUT2D eigenvalue weighted by atomic mass is 32.1. The molecule has 8 heteroatoms. The second-order valence-corrected chi connectivity index (χ2v) is 7.90. The minimum absolute atomic E-state index is 0.272. The van der Waals surface area contributed by atoms with Crippen LogP contribution in [-0.4, -0.2) is 54.9 Å². The van der Waals surface area contributed by atoms with E-state index in [1.807, 2.05) is 13.8 Å². The molecule has 4 rings (SSSR count). The number of aromatic nitrogens is 2. The fourth-order valence-corrected chi connectivity index (χ4v) is 4.33. The molecule has 1 aliphatic heterocycles. The molecule has 0 amide bonds. The number of rotatable bonds is 6. The van der Waals surface area contributed by atoms with E-state index in [1.54, 1.807) is 0 Å². The van der Waals surface area contributed by atoms with Crippen LogP contribution in [0.1, 0.15) is 40.8 Å². The lowest BCUT2D eigenvalue weighted by Gasteiger charge is -2.23. The molecule has 140 valence electrons. The third-order valence-corrected chi connectivity index (χ3v) is 5.99. The molecule has 3 heterocycles. The van der Waals surface area contributed by atoms with Crippen molar-refractivity contribution in [1.29, 1.82) is 0 Å². The van der Waals surface area contributed by atoms with E-state index < -0.39 is 0 Å². The van der Waals surface area contributed by atoms with E-state index >= 15 is 0 Å². The van der Waals surface area contributed by atoms with Gasteiger partial charge in [0.05, 0.1) is 25.2 Å². The molecule has 0 atom stereocenters. The summed E-state index contributed by atoms with van der Waals surface area (Å²) >= 11 is 1.41. The summed E-state index contributed by atoms with van der Waals surface area (Å²) in [4.78, 5) is 24.8. The van der Waals surface area contributed by atoms with Crippen LogP contribution in [0.2, 0.25) is 0 Å². The van der Waals surface area contributed by atoms with Crippen molar-refractivity contribution in [2.75, 3.05) is 38.2 Å². The Bertz CT molecular complexity index is 812. The molecular weight excluding hydrogens is 352 g/mol. The van der Waals surface area contributed by atoms with Gasteiger partial charge in [-0.25, -0.2) is 14.8 Å². The van der Waals surface area contributed by atoms with Gasteiger partial charge in [-0.2, -0.15) is 0 Å². The lowest BCUT2D eigenvalue weighted by Crippen LogP contribution is -3.12. The van der Waals surface area contributed by atoms with E-state index in [2.05, 4.69) is 5.32 Å². The Labute approximate surface area is 156 Å². The Morgan fingerprint density at radius 1 is 1.35 bits per heavy atom. The van der Waals surface area contributed by atoms with E-state index in [4.69, 9.17) is 19.4 Å². The van der Waals surface area contributed by atoms with E-state index in [-0.39, 0.29) is 5.97 Å². The van der Waals surface area contributed by atoms with Crippen LogP contribution in [0.15, 0.2) is 0 Å². The molecule has 0 radical (unpaired) electrons. The van der Waals surface area contributed by atoms with Crippen molar-refractivity contribution in [2.45, 2.75) is 39.3 Å². The number of anilines is 1. The zero-order chi connectivity index (χ0) is 18.1. The molecule has 7 nitrogen and oxygen atoms in total. The van der Waals surface area contributed by atoms with Gasteiger partial charge in [0.2, 0.25) is 0 Å². The molecule has 26 heavy (non-hydrogen) atoms. The summed E-state index contributed by atoms with van der Waals surface area (Å²) in [6, 6.07) is 0.488. The van der Waals surface area contributed by atoms with Crippen LogP contribution in [0.3, 0.4) is 0 Å². The first-order chi connectivity index (χ1) is 12.7. The van der Waals surface area contributed by atoms with Crippen LogP contribution in [0.25, 0.3) is 10.2 Å². The normalized spacial score (nSPS) is 18.2. The maximum atomic E-state index is 12.3. The average Bonchev–Trinajstić information content (AvgIpc) is 3.38. The number of nitrogens with zero attached hydrogens (tertiary/aromatic N) is 2. The summed E-state index contributed by atoms with van der Waals surface area (Å²) in [5.41, 5.74) is 0.914. The van der Waals surface area contributed by atoms with Crippen LogP contribution in [0.4, 0.5) is 5.82 Å². The predicted octanol–water partition coefficient (Wildman–Crippen LogP) is 1.17. The first-order valence-electron chi connectivity index (χ1n) is 9.30. The van der Waals surface area contributed by atoms with Gasteiger partial charge in [-0.3, -0.25) is 0 Å². The summed E-state index contributed by atoms with van der Waals surface area (Å²) in [6.07, 6.45) is 2.34. The largest absolute Gasteiger partial charge is 0.462 e. The summed E-state index contributed by atoms with van der Waals surface area (Å²) in [5, 5.41) is 4.49. The molecule has 1 saturated carbocycles. The van der Waals surface area contributed by atoms with Gasteiger partial charge in [0.15, 0.2) is 5.82 Å². The molecule has 1 aliphatic carbocycles. The van der Waals surface area contributed by atoms with E-state index in [1.165, 1.54) is 29.1 Å². The number of esters is 1. The van der Waals surface area contributed by atoms with Gasteiger partial charge in [0.25, 0.3) is 0 Å². The Hall–Kier alpha value is -1.77. The van der Waals surface area contributed by atoms with Gasteiger partial charge < -0.3 is 19.7 Å². The number of aryl methyl sites for hydroxylation is 1. The van der Waals surface area contributed by atoms with Crippen LogP contribution in [0.5, 0.6) is 0 Å². The smallest absolute Gasteiger partial charge is 0.348 e. The van der Waals surface area contributed by atoms with E-state index in [0.717, 1.165) is 60.3 Å². The first-order valence-corrected chi connectivity index (χ1v) is 10.1. The van der Waals surface area contributed by atoms with Crippen molar-refractivity contribution in [3.8, 4) is 0 Å². The SMILES string of the molecule is CCOC(=O)c1sc2nc(C[NH+]3CCOCC3)nc(NC3CC3)c2c1C. The molecule has 0 aromatic carbocycles. The zero-order valence-electron chi connectivity index (χ0n) is 15.3. The number of fused-ring (bicyclic) bond motifs is 1. The molecule has 0 bridgehead atoms. The van der Waals surface area contributed by atoms with Crippen molar-refractivity contribution < 1.29 is 19.2 Å². The Morgan fingerprint density at radius 3 is 2.81 bits per heavy atom. The standard InChI is InChI=1S/C18H24N4O3S/c1-3-25-18(23)15-11(2)14-16(19-12-4-5-12)20-13(21-17(14)26-15)10-22-6-8-24-9-7-22/h12H,3-10H2,1-2H3,(H,19,20,21)/p+1. The zero-order valence-corrected chi connectivity index (χ0v) is 16.1. The predicted molar refractivity (Wildman–Crippen MR) is 100.0 cm³/mol. The van der Waals surface area contributed by atoms with Crippen molar-refractivity contribution in [2.24, 2.45) is 0 Å². The highest BCUT2D eigenvalue weighted by Gasteiger charge is 2.27. The average molecular weight is 377 g/mol. The van der Waals surface area contributed by atoms with Gasteiger partial charge in [-0.15, -0.1) is 11.3 Å². The fourth-order valence-electron chi connectivity index (χ4n) is 3.24. The lowest BCUT2D eigenvalue weighted by molar-refractivity contribution is -0.922. The Balaban J connectivity index is 1.70. The van der Waals surface area contributed by atoms with Crippen molar-refractivity contribution in [1.82, 2.24) is 9.97 Å². The molecule has 2 aromatic heterocycles. The summed E-state index contributed by atoms with van der Waals surface area (Å²) in [7, 11) is 0. The number of morpholine rings is 1. The molecule has 2 fully saturated rings. The summed E-state index contributed by atoms with van der Waals surface area (Å²) in [6.45, 7) is 8.46. The number of carbonyl (C=O) groups excluding carboxylic acids is 1. The number of hydrogen-bond acceptors (Lipinski definition) is 7. The minimum atomic E-state index is -0.272. The van der Waals surface area contributed by atoms with Gasteiger partial charge in [-0.1, -0.05) is 0 Å². The number of thiophene rings is 1. The third-order valence-electron chi connectivity index (χ3n) is 4.82. The van der Waals surface area contributed by atoms with Crippen LogP contribution < -0.4 is 10.2 Å². The highest BCUT2D eigenvalue weighted by Crippen LogP contribution is 2.36. The summed E-state index contributed by atoms with van der Waals surface area (Å²) < 4.78 is 10.6. The molecule has 2 aromatic rings.